The molecule has 3 heterocycles. The Morgan fingerprint density at radius 3 is 2.56 bits per heavy atom. The highest BCUT2D eigenvalue weighted by atomic mass is 15.2. The molecule has 0 bridgehead atoms. The Kier molecular flexibility index (Phi) is 4.30. The maximum Gasteiger partial charge on any atom is 0.228 e. The summed E-state index contributed by atoms with van der Waals surface area (Å²) in [6.45, 7) is 5.30. The molecule has 1 saturated heterocycles. The van der Waals surface area contributed by atoms with Crippen molar-refractivity contribution < 1.29 is 0 Å². The van der Waals surface area contributed by atoms with Gasteiger partial charge in [-0.2, -0.15) is 15.0 Å². The average molecular weight is 365 g/mol. The fourth-order valence-corrected chi connectivity index (χ4v) is 3.38. The van der Waals surface area contributed by atoms with Gasteiger partial charge in [0.15, 0.2) is 5.82 Å². The monoisotopic (exact) mass is 365 g/mol. The summed E-state index contributed by atoms with van der Waals surface area (Å²) in [6.07, 6.45) is 6.42. The van der Waals surface area contributed by atoms with Crippen LogP contribution >= 0.6 is 0 Å². The van der Waals surface area contributed by atoms with Crippen LogP contribution in [0.15, 0.2) is 18.2 Å². The molecular formula is C20H27N7. The molecule has 0 amide bonds. The largest absolute Gasteiger partial charge is 0.356 e. The fourth-order valence-electron chi connectivity index (χ4n) is 3.38. The summed E-state index contributed by atoms with van der Waals surface area (Å²) in [5.41, 5.74) is 0.804. The Morgan fingerprint density at radius 1 is 1.04 bits per heavy atom. The highest BCUT2D eigenvalue weighted by Crippen LogP contribution is 2.34. The molecule has 0 spiro atoms. The molecule has 2 N–H and O–H groups in total. The van der Waals surface area contributed by atoms with E-state index in [0.717, 1.165) is 43.0 Å². The number of aromatic nitrogens is 4. The van der Waals surface area contributed by atoms with Crippen LogP contribution in [0.5, 0.6) is 0 Å². The zero-order valence-electron chi connectivity index (χ0n) is 15.9. The molecule has 2 aliphatic carbocycles. The summed E-state index contributed by atoms with van der Waals surface area (Å²) in [5, 5.41) is 6.87. The van der Waals surface area contributed by atoms with Crippen LogP contribution in [-0.4, -0.2) is 45.6 Å². The van der Waals surface area contributed by atoms with Crippen molar-refractivity contribution in [2.24, 2.45) is 11.8 Å². The van der Waals surface area contributed by atoms with Crippen LogP contribution < -0.4 is 15.5 Å². The molecule has 1 aliphatic heterocycles. The van der Waals surface area contributed by atoms with Gasteiger partial charge in [-0.15, -0.1) is 0 Å². The van der Waals surface area contributed by atoms with Gasteiger partial charge in [-0.25, -0.2) is 4.98 Å². The minimum atomic E-state index is 0.386. The van der Waals surface area contributed by atoms with Crippen LogP contribution in [-0.2, 0) is 0 Å². The average Bonchev–Trinajstić information content (AvgIpc) is 3.53. The van der Waals surface area contributed by atoms with E-state index in [2.05, 4.69) is 43.5 Å². The third-order valence-electron chi connectivity index (χ3n) is 5.71. The van der Waals surface area contributed by atoms with E-state index in [1.807, 2.05) is 12.1 Å². The predicted octanol–water partition coefficient (Wildman–Crippen LogP) is 3.18. The Bertz CT molecular complexity index is 812. The first-order valence-corrected chi connectivity index (χ1v) is 10.2. The molecule has 7 heteroatoms. The molecule has 27 heavy (non-hydrogen) atoms. The van der Waals surface area contributed by atoms with E-state index in [1.165, 1.54) is 32.1 Å². The first kappa shape index (κ1) is 16.7. The maximum atomic E-state index is 4.80. The summed E-state index contributed by atoms with van der Waals surface area (Å²) in [5.74, 6) is 4.44. The second-order valence-corrected chi connectivity index (χ2v) is 8.12. The Morgan fingerprint density at radius 2 is 1.85 bits per heavy atom. The molecule has 3 aliphatic rings. The number of hydrogen-bond donors (Lipinski definition) is 2. The topological polar surface area (TPSA) is 78.9 Å². The van der Waals surface area contributed by atoms with Crippen molar-refractivity contribution in [1.29, 1.82) is 0 Å². The lowest BCUT2D eigenvalue weighted by atomic mass is 10.2. The van der Waals surface area contributed by atoms with Gasteiger partial charge in [-0.1, -0.05) is 6.07 Å². The lowest BCUT2D eigenvalue weighted by Gasteiger charge is -2.32. The summed E-state index contributed by atoms with van der Waals surface area (Å²) in [7, 11) is 0. The van der Waals surface area contributed by atoms with Crippen molar-refractivity contribution in [3.05, 3.63) is 18.2 Å². The summed E-state index contributed by atoms with van der Waals surface area (Å²) >= 11 is 0. The van der Waals surface area contributed by atoms with Crippen LogP contribution in [0, 0.1) is 11.8 Å². The molecular weight excluding hydrogens is 338 g/mol. The van der Waals surface area contributed by atoms with Gasteiger partial charge in [0.1, 0.15) is 11.5 Å². The molecule has 1 atom stereocenters. The van der Waals surface area contributed by atoms with Crippen molar-refractivity contribution in [3.8, 4) is 11.5 Å². The van der Waals surface area contributed by atoms with Gasteiger partial charge >= 0.3 is 0 Å². The zero-order chi connectivity index (χ0) is 18.2. The Labute approximate surface area is 160 Å². The van der Waals surface area contributed by atoms with Crippen LogP contribution in [0.25, 0.3) is 11.5 Å². The second kappa shape index (κ2) is 6.94. The minimum absolute atomic E-state index is 0.386. The number of rotatable bonds is 8. The van der Waals surface area contributed by atoms with E-state index >= 15 is 0 Å². The van der Waals surface area contributed by atoms with E-state index in [4.69, 9.17) is 4.98 Å². The normalized spacial score (nSPS) is 20.1. The molecule has 1 unspecified atom stereocenters. The summed E-state index contributed by atoms with van der Waals surface area (Å²) < 4.78 is 0. The van der Waals surface area contributed by atoms with Gasteiger partial charge in [0.05, 0.1) is 0 Å². The van der Waals surface area contributed by atoms with E-state index in [1.54, 1.807) is 0 Å². The van der Waals surface area contributed by atoms with Gasteiger partial charge in [0, 0.05) is 25.7 Å². The summed E-state index contributed by atoms with van der Waals surface area (Å²) in [6, 6.07) is 6.47. The molecule has 7 nitrogen and oxygen atoms in total. The van der Waals surface area contributed by atoms with Crippen molar-refractivity contribution in [1.82, 2.24) is 19.9 Å². The highest BCUT2D eigenvalue weighted by molar-refractivity contribution is 5.57. The second-order valence-electron chi connectivity index (χ2n) is 8.12. The maximum absolute atomic E-state index is 4.80. The van der Waals surface area contributed by atoms with Gasteiger partial charge < -0.3 is 15.5 Å². The van der Waals surface area contributed by atoms with Crippen molar-refractivity contribution >= 4 is 17.7 Å². The van der Waals surface area contributed by atoms with Gasteiger partial charge in [0.2, 0.25) is 11.9 Å². The number of anilines is 3. The fraction of sp³-hybridized carbons (Fsp3) is 0.600. The molecule has 142 valence electrons. The predicted molar refractivity (Wildman–Crippen MR) is 107 cm³/mol. The SMILES string of the molecule is CC(Nc1nc(NCC2CC2)nc(-c2cccc(N3CCC3)n2)n1)C1CC1. The lowest BCUT2D eigenvalue weighted by Crippen LogP contribution is -2.37. The lowest BCUT2D eigenvalue weighted by molar-refractivity contribution is 0.610. The minimum Gasteiger partial charge on any atom is -0.356 e. The van der Waals surface area contributed by atoms with Crippen LogP contribution in [0.3, 0.4) is 0 Å². The third-order valence-corrected chi connectivity index (χ3v) is 5.71. The van der Waals surface area contributed by atoms with E-state index in [0.29, 0.717) is 23.8 Å². The standard InChI is InChI=1S/C20H27N7/c1-13(15-8-9-15)22-20-25-18(24-19(26-20)21-12-14-6-7-14)16-4-2-5-17(23-16)27-10-3-11-27/h2,4-5,13-15H,3,6-12H2,1H3,(H2,21,22,24,25,26). The van der Waals surface area contributed by atoms with Gasteiger partial charge in [-0.3, -0.25) is 0 Å². The third kappa shape index (κ3) is 3.96. The number of nitrogens with zero attached hydrogens (tertiary/aromatic N) is 5. The van der Waals surface area contributed by atoms with Gasteiger partial charge in [0.25, 0.3) is 0 Å². The van der Waals surface area contributed by atoms with E-state index in [9.17, 15) is 0 Å². The van der Waals surface area contributed by atoms with Crippen LogP contribution in [0.4, 0.5) is 17.7 Å². The number of nitrogens with one attached hydrogen (secondary N) is 2. The molecule has 2 aromatic heterocycles. The molecule has 0 radical (unpaired) electrons. The first-order chi connectivity index (χ1) is 13.2. The first-order valence-electron chi connectivity index (χ1n) is 10.2. The quantitative estimate of drug-likeness (QED) is 0.744. The zero-order valence-corrected chi connectivity index (χ0v) is 15.9. The molecule has 2 saturated carbocycles. The van der Waals surface area contributed by atoms with Crippen molar-refractivity contribution in [2.75, 3.05) is 35.2 Å². The number of pyridine rings is 1. The Balaban J connectivity index is 1.42. The van der Waals surface area contributed by atoms with Crippen LogP contribution in [0.1, 0.15) is 39.0 Å². The van der Waals surface area contributed by atoms with E-state index < -0.39 is 0 Å². The molecule has 0 aromatic carbocycles. The number of hydrogen-bond acceptors (Lipinski definition) is 7. The molecule has 2 aromatic rings. The van der Waals surface area contributed by atoms with Crippen molar-refractivity contribution in [2.45, 2.75) is 45.1 Å². The van der Waals surface area contributed by atoms with Crippen LogP contribution in [0.2, 0.25) is 0 Å². The molecule has 5 rings (SSSR count). The van der Waals surface area contributed by atoms with Crippen molar-refractivity contribution in [3.63, 3.8) is 0 Å². The highest BCUT2D eigenvalue weighted by Gasteiger charge is 2.29. The van der Waals surface area contributed by atoms with E-state index in [-0.39, 0.29) is 0 Å². The summed E-state index contributed by atoms with van der Waals surface area (Å²) in [4.78, 5) is 21.0. The Hall–Kier alpha value is -2.44. The molecule has 3 fully saturated rings. The smallest absolute Gasteiger partial charge is 0.228 e. The van der Waals surface area contributed by atoms with Gasteiger partial charge in [-0.05, 0) is 63.0 Å².